The van der Waals surface area contributed by atoms with Gasteiger partial charge in [0.1, 0.15) is 0 Å². The van der Waals surface area contributed by atoms with Gasteiger partial charge in [0.25, 0.3) is 0 Å². The minimum atomic E-state index is -0.220. The van der Waals surface area contributed by atoms with Gasteiger partial charge in [-0.2, -0.15) is 0 Å². The molecule has 1 fully saturated rings. The van der Waals surface area contributed by atoms with E-state index >= 15 is 0 Å². The van der Waals surface area contributed by atoms with Crippen molar-refractivity contribution >= 4 is 21.6 Å². The highest BCUT2D eigenvalue weighted by Crippen LogP contribution is 2.29. The van der Waals surface area contributed by atoms with E-state index in [9.17, 15) is 5.11 Å². The van der Waals surface area contributed by atoms with Crippen molar-refractivity contribution in [1.29, 1.82) is 0 Å². The second-order valence-corrected chi connectivity index (χ2v) is 6.53. The molecule has 0 spiro atoms. The van der Waals surface area contributed by atoms with Gasteiger partial charge in [0.15, 0.2) is 0 Å². The van der Waals surface area contributed by atoms with Crippen molar-refractivity contribution in [2.45, 2.75) is 26.0 Å². The molecule has 2 N–H and O–H groups in total. The van der Waals surface area contributed by atoms with Crippen LogP contribution in [-0.2, 0) is 11.3 Å². The van der Waals surface area contributed by atoms with E-state index in [1.807, 2.05) is 6.92 Å². The lowest BCUT2D eigenvalue weighted by molar-refractivity contribution is 0.136. The Morgan fingerprint density at radius 1 is 1.52 bits per heavy atom. The van der Waals surface area contributed by atoms with E-state index in [0.717, 1.165) is 43.7 Å². The molecular weight excluding hydrogens is 332 g/mol. The molecule has 2 atom stereocenters. The minimum Gasteiger partial charge on any atom is -0.393 e. The Morgan fingerprint density at radius 2 is 2.33 bits per heavy atom. The van der Waals surface area contributed by atoms with E-state index < -0.39 is 0 Å². The van der Waals surface area contributed by atoms with Crippen LogP contribution < -0.4 is 10.2 Å². The lowest BCUT2D eigenvalue weighted by atomic mass is 10.0. The zero-order valence-electron chi connectivity index (χ0n) is 12.8. The number of hydrogen-bond donors (Lipinski definition) is 2. The lowest BCUT2D eigenvalue weighted by Crippen LogP contribution is -2.24. The van der Waals surface area contributed by atoms with Crippen molar-refractivity contribution in [1.82, 2.24) is 5.32 Å². The maximum atomic E-state index is 9.70. The Hall–Kier alpha value is -0.620. The van der Waals surface area contributed by atoms with E-state index in [1.165, 1.54) is 11.3 Å². The van der Waals surface area contributed by atoms with Gasteiger partial charge in [0, 0.05) is 49.4 Å². The van der Waals surface area contributed by atoms with Gasteiger partial charge < -0.3 is 20.1 Å². The maximum Gasteiger partial charge on any atom is 0.0587 e. The van der Waals surface area contributed by atoms with E-state index in [4.69, 9.17) is 4.74 Å². The van der Waals surface area contributed by atoms with Crippen LogP contribution in [-0.4, -0.2) is 44.6 Å². The van der Waals surface area contributed by atoms with Crippen molar-refractivity contribution in [2.75, 3.05) is 38.3 Å². The van der Waals surface area contributed by atoms with Gasteiger partial charge in [-0.05, 0) is 31.0 Å². The summed E-state index contributed by atoms with van der Waals surface area (Å²) >= 11 is 3.66. The van der Waals surface area contributed by atoms with Crippen molar-refractivity contribution in [3.63, 3.8) is 0 Å². The molecule has 1 aliphatic rings. The number of ether oxygens (including phenoxy) is 1. The van der Waals surface area contributed by atoms with Crippen LogP contribution in [0.4, 0.5) is 5.69 Å². The van der Waals surface area contributed by atoms with E-state index in [-0.39, 0.29) is 6.10 Å². The number of nitrogens with zero attached hydrogens (tertiary/aromatic N) is 1. The molecule has 21 heavy (non-hydrogen) atoms. The third-order valence-electron chi connectivity index (χ3n) is 4.11. The Balaban J connectivity index is 1.93. The molecule has 4 nitrogen and oxygen atoms in total. The van der Waals surface area contributed by atoms with Gasteiger partial charge in [0.05, 0.1) is 12.7 Å². The van der Waals surface area contributed by atoms with Gasteiger partial charge in [0.2, 0.25) is 0 Å². The first-order valence-electron chi connectivity index (χ1n) is 7.53. The van der Waals surface area contributed by atoms with Crippen LogP contribution in [0.25, 0.3) is 0 Å². The Kier molecular flexibility index (Phi) is 6.48. The first-order valence-corrected chi connectivity index (χ1v) is 8.32. The Morgan fingerprint density at radius 3 is 2.95 bits per heavy atom. The SMILES string of the molecule is COCCNCc1ccc(N2CCC(C(C)O)C2)cc1Br. The molecule has 1 aliphatic heterocycles. The standard InChI is InChI=1S/C16H25BrN2O2/c1-12(20)14-5-7-19(11-14)15-4-3-13(16(17)9-15)10-18-6-8-21-2/h3-4,9,12,14,18,20H,5-8,10-11H2,1-2H3. The largest absolute Gasteiger partial charge is 0.393 e. The Labute approximate surface area is 135 Å². The first kappa shape index (κ1) is 16.7. The number of aliphatic hydroxyl groups is 1. The molecule has 1 aromatic rings. The summed E-state index contributed by atoms with van der Waals surface area (Å²) in [6.07, 6.45) is 0.845. The molecule has 0 amide bonds. The number of hydrogen-bond acceptors (Lipinski definition) is 4. The van der Waals surface area contributed by atoms with Crippen LogP contribution in [0, 0.1) is 5.92 Å². The van der Waals surface area contributed by atoms with Crippen LogP contribution in [0.1, 0.15) is 18.9 Å². The average molecular weight is 357 g/mol. The molecule has 1 heterocycles. The summed E-state index contributed by atoms with van der Waals surface area (Å²) < 4.78 is 6.15. The Bertz CT molecular complexity index is 454. The number of nitrogens with one attached hydrogen (secondary N) is 1. The average Bonchev–Trinajstić information content (AvgIpc) is 2.95. The molecule has 0 aromatic heterocycles. The topological polar surface area (TPSA) is 44.7 Å². The number of anilines is 1. The number of aliphatic hydroxyl groups excluding tert-OH is 1. The molecule has 1 saturated heterocycles. The van der Waals surface area contributed by atoms with Crippen molar-refractivity contribution in [2.24, 2.45) is 5.92 Å². The minimum absolute atomic E-state index is 0.220. The molecular formula is C16H25BrN2O2. The highest BCUT2D eigenvalue weighted by Gasteiger charge is 2.26. The van der Waals surface area contributed by atoms with E-state index in [1.54, 1.807) is 7.11 Å². The summed E-state index contributed by atoms with van der Waals surface area (Å²) in [5, 5.41) is 13.1. The molecule has 1 aromatic carbocycles. The normalized spacial score (nSPS) is 20.0. The predicted octanol–water partition coefficient (Wildman–Crippen LogP) is 2.39. The molecule has 0 bridgehead atoms. The summed E-state index contributed by atoms with van der Waals surface area (Å²) in [6.45, 7) is 6.26. The maximum absolute atomic E-state index is 9.70. The fourth-order valence-corrected chi connectivity index (χ4v) is 3.20. The summed E-state index contributed by atoms with van der Waals surface area (Å²) in [5.74, 6) is 0.388. The zero-order valence-corrected chi connectivity index (χ0v) is 14.4. The van der Waals surface area contributed by atoms with Gasteiger partial charge in [-0.15, -0.1) is 0 Å². The first-order chi connectivity index (χ1) is 10.1. The van der Waals surface area contributed by atoms with Crippen molar-refractivity contribution in [3.05, 3.63) is 28.2 Å². The van der Waals surface area contributed by atoms with Crippen molar-refractivity contribution < 1.29 is 9.84 Å². The summed E-state index contributed by atoms with van der Waals surface area (Å²) in [4.78, 5) is 2.35. The molecule has 118 valence electrons. The molecule has 0 radical (unpaired) electrons. The molecule has 2 rings (SSSR count). The van der Waals surface area contributed by atoms with Gasteiger partial charge >= 0.3 is 0 Å². The molecule has 0 aliphatic carbocycles. The van der Waals surface area contributed by atoms with E-state index in [0.29, 0.717) is 5.92 Å². The van der Waals surface area contributed by atoms with E-state index in [2.05, 4.69) is 44.3 Å². The van der Waals surface area contributed by atoms with Crippen LogP contribution in [0.3, 0.4) is 0 Å². The lowest BCUT2D eigenvalue weighted by Gasteiger charge is -2.20. The summed E-state index contributed by atoms with van der Waals surface area (Å²) in [7, 11) is 1.71. The number of benzene rings is 1. The van der Waals surface area contributed by atoms with Crippen LogP contribution in [0.15, 0.2) is 22.7 Å². The molecule has 0 saturated carbocycles. The fraction of sp³-hybridized carbons (Fsp3) is 0.625. The second kappa shape index (κ2) is 8.13. The quantitative estimate of drug-likeness (QED) is 0.736. The van der Waals surface area contributed by atoms with Crippen LogP contribution in [0.2, 0.25) is 0 Å². The van der Waals surface area contributed by atoms with Gasteiger partial charge in [-0.1, -0.05) is 22.0 Å². The monoisotopic (exact) mass is 356 g/mol. The smallest absolute Gasteiger partial charge is 0.0587 e. The molecule has 2 unspecified atom stereocenters. The highest BCUT2D eigenvalue weighted by molar-refractivity contribution is 9.10. The highest BCUT2D eigenvalue weighted by atomic mass is 79.9. The van der Waals surface area contributed by atoms with Gasteiger partial charge in [-0.25, -0.2) is 0 Å². The fourth-order valence-electron chi connectivity index (χ4n) is 2.69. The molecule has 5 heteroatoms. The van der Waals surface area contributed by atoms with Gasteiger partial charge in [-0.3, -0.25) is 0 Å². The van der Waals surface area contributed by atoms with Crippen molar-refractivity contribution in [3.8, 4) is 0 Å². The number of halogens is 1. The zero-order chi connectivity index (χ0) is 15.2. The summed E-state index contributed by atoms with van der Waals surface area (Å²) in [6, 6.07) is 6.51. The van der Waals surface area contributed by atoms with Crippen LogP contribution in [0.5, 0.6) is 0 Å². The number of rotatable bonds is 7. The third-order valence-corrected chi connectivity index (χ3v) is 4.85. The number of methoxy groups -OCH3 is 1. The summed E-state index contributed by atoms with van der Waals surface area (Å²) in [5.41, 5.74) is 2.48. The second-order valence-electron chi connectivity index (χ2n) is 5.68. The van der Waals surface area contributed by atoms with Crippen LogP contribution >= 0.6 is 15.9 Å². The predicted molar refractivity (Wildman–Crippen MR) is 89.7 cm³/mol. The third kappa shape index (κ3) is 4.68.